The van der Waals surface area contributed by atoms with Gasteiger partial charge in [-0.2, -0.15) is 0 Å². The zero-order chi connectivity index (χ0) is 37.8. The summed E-state index contributed by atoms with van der Waals surface area (Å²) in [5.74, 6) is -1.05. The van der Waals surface area contributed by atoms with Gasteiger partial charge in [-0.15, -0.1) is 9.42 Å². The van der Waals surface area contributed by atoms with Crippen LogP contribution >= 0.6 is 8.25 Å². The van der Waals surface area contributed by atoms with Crippen LogP contribution in [0.4, 0.5) is 0 Å². The van der Waals surface area contributed by atoms with Crippen LogP contribution in [0.3, 0.4) is 0 Å². The maximum absolute atomic E-state index is 12.8. The summed E-state index contributed by atoms with van der Waals surface area (Å²) in [6.45, 7) is 3.77. The Morgan fingerprint density at radius 2 is 0.784 bits per heavy atom. The van der Waals surface area contributed by atoms with Crippen LogP contribution in [-0.4, -0.2) is 68.4 Å². The van der Waals surface area contributed by atoms with Crippen LogP contribution in [-0.2, 0) is 18.6 Å². The average Bonchev–Trinajstić information content (AvgIpc) is 3.12. The van der Waals surface area contributed by atoms with Gasteiger partial charge in [0.15, 0.2) is 6.10 Å². The summed E-state index contributed by atoms with van der Waals surface area (Å²) in [6.07, 6.45) is 31.2. The van der Waals surface area contributed by atoms with E-state index in [0.29, 0.717) is 12.8 Å². The largest absolute Gasteiger partial charge is 0.694 e. The summed E-state index contributed by atoms with van der Waals surface area (Å²) in [5.41, 5.74) is 0. The SMILES string of the molecule is CCCCCCCCCCCCCCCCCC(CCCCCCCCCCCCCCCCC)OC(=O)C(O)C(O)C(O)C(O)CO[P+](=O)O. The third-order valence-electron chi connectivity index (χ3n) is 10.2. The first-order valence-electron chi connectivity index (χ1n) is 21.5. The fraction of sp³-hybridized carbons (Fsp3) is 0.976. The van der Waals surface area contributed by atoms with Crippen molar-refractivity contribution in [1.29, 1.82) is 0 Å². The molecule has 51 heavy (non-hydrogen) atoms. The van der Waals surface area contributed by atoms with Crippen molar-refractivity contribution >= 4 is 14.2 Å². The molecule has 0 heterocycles. The molecule has 0 amide bonds. The summed E-state index contributed by atoms with van der Waals surface area (Å²) in [4.78, 5) is 21.5. The van der Waals surface area contributed by atoms with E-state index in [1.54, 1.807) is 0 Å². The molecular weight excluding hydrogens is 667 g/mol. The Labute approximate surface area is 314 Å². The van der Waals surface area contributed by atoms with Crippen molar-refractivity contribution in [1.82, 2.24) is 0 Å². The van der Waals surface area contributed by atoms with Crippen molar-refractivity contribution in [3.63, 3.8) is 0 Å². The van der Waals surface area contributed by atoms with E-state index in [-0.39, 0.29) is 0 Å². The smallest absolute Gasteiger partial charge is 0.460 e. The molecule has 0 bridgehead atoms. The molecule has 0 aliphatic carbocycles. The highest BCUT2D eigenvalue weighted by Crippen LogP contribution is 2.21. The van der Waals surface area contributed by atoms with E-state index in [9.17, 15) is 29.8 Å². The van der Waals surface area contributed by atoms with Gasteiger partial charge < -0.3 is 25.2 Å². The van der Waals surface area contributed by atoms with Crippen molar-refractivity contribution < 1.29 is 43.9 Å². The molecule has 0 aliphatic rings. The number of aliphatic hydroxyl groups is 4. The van der Waals surface area contributed by atoms with Gasteiger partial charge in [0.1, 0.15) is 31.0 Å². The summed E-state index contributed by atoms with van der Waals surface area (Å²) in [7, 11) is -3.01. The first-order chi connectivity index (χ1) is 24.7. The summed E-state index contributed by atoms with van der Waals surface area (Å²) >= 11 is 0. The van der Waals surface area contributed by atoms with Crippen molar-refractivity contribution in [3.8, 4) is 0 Å². The Kier molecular flexibility index (Phi) is 37.1. The van der Waals surface area contributed by atoms with Crippen LogP contribution in [0, 0.1) is 0 Å². The van der Waals surface area contributed by atoms with Crippen LogP contribution in [0.15, 0.2) is 0 Å². The minimum atomic E-state index is -3.01. The lowest BCUT2D eigenvalue weighted by Gasteiger charge is -2.26. The van der Waals surface area contributed by atoms with Crippen molar-refractivity contribution in [2.75, 3.05) is 6.61 Å². The number of esters is 1. The van der Waals surface area contributed by atoms with Crippen molar-refractivity contribution in [2.45, 2.75) is 250 Å². The molecule has 0 saturated carbocycles. The second kappa shape index (κ2) is 37.6. The van der Waals surface area contributed by atoms with E-state index in [0.717, 1.165) is 38.5 Å². The van der Waals surface area contributed by atoms with E-state index in [4.69, 9.17) is 9.63 Å². The standard InChI is InChI=1S/C41H81O9P/c1-3-5-7-9-11-13-15-17-19-21-23-25-27-29-31-33-36(50-41(46)40(45)39(44)38(43)37(42)35-49-51(47)48)34-32-30-28-26-24-22-20-18-16-14-12-10-8-6-4-2/h36-40,42-45H,3-35H2,1-2H3/p+1. The topological polar surface area (TPSA) is 154 Å². The molecule has 10 heteroatoms. The maximum Gasteiger partial charge on any atom is 0.694 e. The molecule has 0 aliphatic heterocycles. The fourth-order valence-electron chi connectivity index (χ4n) is 6.78. The lowest BCUT2D eigenvalue weighted by Crippen LogP contribution is -2.49. The minimum Gasteiger partial charge on any atom is -0.460 e. The highest BCUT2D eigenvalue weighted by molar-refractivity contribution is 7.32. The van der Waals surface area contributed by atoms with Gasteiger partial charge in [-0.1, -0.05) is 194 Å². The molecule has 0 aromatic heterocycles. The first kappa shape index (κ1) is 50.3. The number of rotatable bonds is 40. The first-order valence-corrected chi connectivity index (χ1v) is 22.6. The van der Waals surface area contributed by atoms with Gasteiger partial charge in [0.05, 0.1) is 0 Å². The number of ether oxygens (including phenoxy) is 1. The predicted octanol–water partition coefficient (Wildman–Crippen LogP) is 10.5. The number of aliphatic hydroxyl groups excluding tert-OH is 4. The van der Waals surface area contributed by atoms with E-state index >= 15 is 0 Å². The van der Waals surface area contributed by atoms with Crippen LogP contribution in [0.1, 0.15) is 219 Å². The molecule has 5 atom stereocenters. The van der Waals surface area contributed by atoms with Gasteiger partial charge in [-0.25, -0.2) is 4.79 Å². The van der Waals surface area contributed by atoms with Crippen molar-refractivity contribution in [3.05, 3.63) is 0 Å². The maximum atomic E-state index is 12.8. The second-order valence-electron chi connectivity index (χ2n) is 15.1. The summed E-state index contributed by atoms with van der Waals surface area (Å²) < 4.78 is 20.7. The Bertz CT molecular complexity index is 737. The highest BCUT2D eigenvalue weighted by Gasteiger charge is 2.37. The Hall–Kier alpha value is -0.670. The third kappa shape index (κ3) is 32.5. The number of hydrogen-bond donors (Lipinski definition) is 5. The molecule has 0 aromatic carbocycles. The summed E-state index contributed by atoms with van der Waals surface area (Å²) in [5, 5.41) is 40.7. The van der Waals surface area contributed by atoms with Crippen molar-refractivity contribution in [2.24, 2.45) is 0 Å². The van der Waals surface area contributed by atoms with Crippen LogP contribution in [0.5, 0.6) is 0 Å². The Morgan fingerprint density at radius 1 is 0.490 bits per heavy atom. The molecule has 0 spiro atoms. The number of hydrogen-bond acceptors (Lipinski definition) is 8. The van der Waals surface area contributed by atoms with E-state index in [1.807, 2.05) is 0 Å². The number of carbonyl (C=O) groups excluding carboxylic acids is 1. The normalized spacial score (nSPS) is 14.5. The van der Waals surface area contributed by atoms with Crippen LogP contribution in [0.25, 0.3) is 0 Å². The van der Waals surface area contributed by atoms with Gasteiger partial charge in [0.2, 0.25) is 0 Å². The molecule has 0 rings (SSSR count). The van der Waals surface area contributed by atoms with E-state index in [1.165, 1.54) is 154 Å². The Balaban J connectivity index is 4.42. The quantitative estimate of drug-likeness (QED) is 0.0234. The minimum absolute atomic E-state index is 0.396. The number of carbonyl (C=O) groups is 1. The lowest BCUT2D eigenvalue weighted by atomic mass is 10.00. The molecule has 0 fully saturated rings. The molecule has 0 radical (unpaired) electrons. The third-order valence-corrected chi connectivity index (χ3v) is 10.6. The van der Waals surface area contributed by atoms with E-state index < -0.39 is 51.4 Å². The van der Waals surface area contributed by atoms with Gasteiger partial charge in [0, 0.05) is 4.57 Å². The second-order valence-corrected chi connectivity index (χ2v) is 15.8. The number of unbranched alkanes of at least 4 members (excludes halogenated alkanes) is 28. The lowest BCUT2D eigenvalue weighted by molar-refractivity contribution is -0.175. The van der Waals surface area contributed by atoms with Gasteiger partial charge in [-0.3, -0.25) is 0 Å². The highest BCUT2D eigenvalue weighted by atomic mass is 31.1. The summed E-state index contributed by atoms with van der Waals surface area (Å²) in [6, 6.07) is 0. The predicted molar refractivity (Wildman–Crippen MR) is 209 cm³/mol. The van der Waals surface area contributed by atoms with Gasteiger partial charge in [0.25, 0.3) is 0 Å². The Morgan fingerprint density at radius 3 is 1.08 bits per heavy atom. The monoisotopic (exact) mass is 750 g/mol. The van der Waals surface area contributed by atoms with Crippen LogP contribution in [0.2, 0.25) is 0 Å². The average molecular weight is 750 g/mol. The molecule has 0 saturated heterocycles. The molecule has 5 N–H and O–H groups in total. The molecular formula is C41H82O9P+. The zero-order valence-corrected chi connectivity index (χ0v) is 33.9. The van der Waals surface area contributed by atoms with Gasteiger partial charge in [-0.05, 0) is 25.7 Å². The molecule has 9 nitrogen and oxygen atoms in total. The fourth-order valence-corrected chi connectivity index (χ4v) is 7.06. The van der Waals surface area contributed by atoms with Gasteiger partial charge >= 0.3 is 14.2 Å². The molecule has 0 aromatic rings. The molecule has 304 valence electrons. The van der Waals surface area contributed by atoms with E-state index in [2.05, 4.69) is 18.4 Å². The zero-order valence-electron chi connectivity index (χ0n) is 33.0. The van der Waals surface area contributed by atoms with Crippen LogP contribution < -0.4 is 0 Å². The molecule has 5 unspecified atom stereocenters.